The zero-order chi connectivity index (χ0) is 23.4. The molecule has 0 unspecified atom stereocenters. The third-order valence-corrected chi connectivity index (χ3v) is 5.81. The molecular formula is C19H21F3N6O3S. The molecule has 0 fully saturated rings. The van der Waals surface area contributed by atoms with Gasteiger partial charge in [0.05, 0.1) is 29.1 Å². The van der Waals surface area contributed by atoms with Gasteiger partial charge in [0, 0.05) is 25.5 Å². The highest BCUT2D eigenvalue weighted by molar-refractivity contribution is 7.89. The Kier molecular flexibility index (Phi) is 7.11. The summed E-state index contributed by atoms with van der Waals surface area (Å²) in [7, 11) is -2.20. The maximum atomic E-state index is 12.9. The van der Waals surface area contributed by atoms with Gasteiger partial charge in [-0.25, -0.2) is 28.1 Å². The molecule has 3 rings (SSSR count). The minimum absolute atomic E-state index is 0.0698. The normalized spacial score (nSPS) is 12.2. The number of sulfonamides is 1. The van der Waals surface area contributed by atoms with Gasteiger partial charge >= 0.3 is 6.18 Å². The van der Waals surface area contributed by atoms with Crippen molar-refractivity contribution < 1.29 is 26.3 Å². The van der Waals surface area contributed by atoms with Crippen LogP contribution in [-0.4, -0.2) is 54.4 Å². The maximum absolute atomic E-state index is 12.9. The summed E-state index contributed by atoms with van der Waals surface area (Å²) in [6, 6.07) is 7.35. The van der Waals surface area contributed by atoms with Crippen molar-refractivity contribution >= 4 is 21.7 Å². The van der Waals surface area contributed by atoms with Crippen molar-refractivity contribution in [1.29, 1.82) is 0 Å². The fourth-order valence-corrected chi connectivity index (χ4v) is 3.83. The predicted molar refractivity (Wildman–Crippen MR) is 111 cm³/mol. The second-order valence-electron chi connectivity index (χ2n) is 6.70. The van der Waals surface area contributed by atoms with Crippen molar-refractivity contribution in [3.63, 3.8) is 0 Å². The largest absolute Gasteiger partial charge is 0.406 e. The zero-order valence-electron chi connectivity index (χ0n) is 17.2. The van der Waals surface area contributed by atoms with Gasteiger partial charge in [-0.05, 0) is 37.3 Å². The molecule has 32 heavy (non-hydrogen) atoms. The number of ether oxygens (including phenoxy) is 1. The van der Waals surface area contributed by atoms with Crippen LogP contribution in [0.4, 0.5) is 24.8 Å². The van der Waals surface area contributed by atoms with Crippen LogP contribution in [-0.2, 0) is 21.3 Å². The Morgan fingerprint density at radius 3 is 2.50 bits per heavy atom. The monoisotopic (exact) mass is 470 g/mol. The van der Waals surface area contributed by atoms with Gasteiger partial charge in [0.2, 0.25) is 16.0 Å². The Balaban J connectivity index is 1.78. The second-order valence-corrected chi connectivity index (χ2v) is 8.46. The summed E-state index contributed by atoms with van der Waals surface area (Å²) in [5, 5.41) is 2.91. The first-order valence-electron chi connectivity index (χ1n) is 9.37. The van der Waals surface area contributed by atoms with E-state index in [0.29, 0.717) is 5.69 Å². The van der Waals surface area contributed by atoms with E-state index in [2.05, 4.69) is 25.0 Å². The summed E-state index contributed by atoms with van der Waals surface area (Å²) >= 11 is 0. The van der Waals surface area contributed by atoms with E-state index in [-0.39, 0.29) is 41.2 Å². The number of halogens is 3. The van der Waals surface area contributed by atoms with Crippen LogP contribution in [0, 0.1) is 6.92 Å². The number of alkyl halides is 3. The lowest BCUT2D eigenvalue weighted by molar-refractivity contribution is -0.140. The van der Waals surface area contributed by atoms with E-state index in [1.807, 2.05) is 0 Å². The number of aromatic nitrogens is 4. The van der Waals surface area contributed by atoms with Gasteiger partial charge in [0.25, 0.3) is 0 Å². The average molecular weight is 470 g/mol. The van der Waals surface area contributed by atoms with Gasteiger partial charge in [-0.1, -0.05) is 0 Å². The Labute approximate surface area is 182 Å². The van der Waals surface area contributed by atoms with Gasteiger partial charge in [-0.15, -0.1) is 0 Å². The van der Waals surface area contributed by atoms with Gasteiger partial charge in [-0.2, -0.15) is 13.2 Å². The minimum Gasteiger partial charge on any atom is -0.383 e. The Bertz CT molecular complexity index is 1160. The molecular weight excluding hydrogens is 449 g/mol. The highest BCUT2D eigenvalue weighted by Gasteiger charge is 2.30. The van der Waals surface area contributed by atoms with E-state index in [0.717, 1.165) is 4.57 Å². The van der Waals surface area contributed by atoms with Gasteiger partial charge < -0.3 is 14.6 Å². The highest BCUT2D eigenvalue weighted by Crippen LogP contribution is 2.26. The summed E-state index contributed by atoms with van der Waals surface area (Å²) in [6.07, 6.45) is -1.68. The average Bonchev–Trinajstić information content (AvgIpc) is 3.07. The molecule has 0 atom stereocenters. The van der Waals surface area contributed by atoms with Gasteiger partial charge in [-0.3, -0.25) is 0 Å². The molecule has 0 saturated heterocycles. The summed E-state index contributed by atoms with van der Waals surface area (Å²) < 4.78 is 71.4. The molecule has 0 saturated carbocycles. The number of imidazole rings is 1. The molecule has 0 spiro atoms. The lowest BCUT2D eigenvalue weighted by Crippen LogP contribution is -2.27. The third kappa shape index (κ3) is 6.02. The number of hydrogen-bond donors (Lipinski definition) is 2. The minimum atomic E-state index is -4.41. The third-order valence-electron chi connectivity index (χ3n) is 4.33. The molecule has 0 bridgehead atoms. The molecule has 0 radical (unpaired) electrons. The number of benzene rings is 1. The molecule has 2 heterocycles. The molecule has 3 aromatic rings. The van der Waals surface area contributed by atoms with Crippen LogP contribution in [0.2, 0.25) is 0 Å². The maximum Gasteiger partial charge on any atom is 0.406 e. The van der Waals surface area contributed by atoms with Crippen molar-refractivity contribution in [3.8, 4) is 11.4 Å². The van der Waals surface area contributed by atoms with Crippen molar-refractivity contribution in [3.05, 3.63) is 48.5 Å². The van der Waals surface area contributed by atoms with Crippen LogP contribution >= 0.6 is 0 Å². The Morgan fingerprint density at radius 2 is 1.84 bits per heavy atom. The molecule has 172 valence electrons. The van der Waals surface area contributed by atoms with Gasteiger partial charge in [0.1, 0.15) is 12.4 Å². The predicted octanol–water partition coefficient (Wildman–Crippen LogP) is 2.88. The van der Waals surface area contributed by atoms with Crippen LogP contribution in [0.15, 0.2) is 47.6 Å². The van der Waals surface area contributed by atoms with Crippen LogP contribution in [0.5, 0.6) is 0 Å². The zero-order valence-corrected chi connectivity index (χ0v) is 18.0. The number of hydrogen-bond acceptors (Lipinski definition) is 7. The molecule has 2 N–H and O–H groups in total. The molecule has 0 aliphatic rings. The van der Waals surface area contributed by atoms with E-state index in [4.69, 9.17) is 4.74 Å². The van der Waals surface area contributed by atoms with Crippen LogP contribution in [0.25, 0.3) is 11.4 Å². The van der Waals surface area contributed by atoms with Crippen molar-refractivity contribution in [2.24, 2.45) is 0 Å². The fourth-order valence-electron chi connectivity index (χ4n) is 2.82. The second kappa shape index (κ2) is 9.63. The van der Waals surface area contributed by atoms with E-state index in [9.17, 15) is 21.6 Å². The molecule has 2 aromatic heterocycles. The summed E-state index contributed by atoms with van der Waals surface area (Å²) in [6.45, 7) is 0.683. The number of rotatable bonds is 9. The smallest absolute Gasteiger partial charge is 0.383 e. The first-order chi connectivity index (χ1) is 15.1. The van der Waals surface area contributed by atoms with Crippen molar-refractivity contribution in [1.82, 2.24) is 24.2 Å². The number of anilines is 2. The fraction of sp³-hybridized carbons (Fsp3) is 0.316. The number of nitrogens with one attached hydrogen (secondary N) is 2. The van der Waals surface area contributed by atoms with Crippen molar-refractivity contribution in [2.45, 2.75) is 24.5 Å². The highest BCUT2D eigenvalue weighted by atomic mass is 32.2. The summed E-state index contributed by atoms with van der Waals surface area (Å²) in [4.78, 5) is 12.4. The SMILES string of the molecule is COCCNS(=O)(=O)c1ccc(Nc2nccc(-c3cnc(C)n3CC(F)(F)F)n2)cc1. The molecule has 13 heteroatoms. The molecule has 0 aliphatic carbocycles. The summed E-state index contributed by atoms with van der Waals surface area (Å²) in [5.74, 6) is 0.343. The number of nitrogens with zero attached hydrogens (tertiary/aromatic N) is 4. The molecule has 0 aliphatic heterocycles. The van der Waals surface area contributed by atoms with E-state index in [1.54, 1.807) is 0 Å². The van der Waals surface area contributed by atoms with Crippen LogP contribution in [0.1, 0.15) is 5.82 Å². The standard InChI is InChI=1S/C19H21F3N6O3S/c1-13-24-11-17(28(13)12-19(20,21)22)16-7-8-23-18(27-16)26-14-3-5-15(6-4-14)32(29,30)25-9-10-31-2/h3-8,11,25H,9-10,12H2,1-2H3,(H,23,26,27). The van der Waals surface area contributed by atoms with Gasteiger partial charge in [0.15, 0.2) is 0 Å². The molecule has 9 nitrogen and oxygen atoms in total. The Hall–Kier alpha value is -3.03. The first-order valence-corrected chi connectivity index (χ1v) is 10.9. The quantitative estimate of drug-likeness (QED) is 0.463. The number of methoxy groups -OCH3 is 1. The van der Waals surface area contributed by atoms with Crippen LogP contribution < -0.4 is 10.0 Å². The topological polar surface area (TPSA) is 111 Å². The summed E-state index contributed by atoms with van der Waals surface area (Å²) in [5.41, 5.74) is 0.959. The molecule has 1 aromatic carbocycles. The molecule has 0 amide bonds. The van der Waals surface area contributed by atoms with Crippen molar-refractivity contribution in [2.75, 3.05) is 25.6 Å². The van der Waals surface area contributed by atoms with Crippen LogP contribution in [0.3, 0.4) is 0 Å². The van der Waals surface area contributed by atoms with E-state index >= 15 is 0 Å². The van der Waals surface area contributed by atoms with E-state index in [1.165, 1.54) is 56.8 Å². The lowest BCUT2D eigenvalue weighted by Gasteiger charge is -2.13. The number of aryl methyl sites for hydroxylation is 1. The first kappa shape index (κ1) is 23.6. The Morgan fingerprint density at radius 1 is 1.12 bits per heavy atom. The van der Waals surface area contributed by atoms with E-state index < -0.39 is 22.7 Å². The lowest BCUT2D eigenvalue weighted by atomic mass is 10.3.